The van der Waals surface area contributed by atoms with Crippen molar-refractivity contribution in [3.8, 4) is 0 Å². The van der Waals surface area contributed by atoms with E-state index < -0.39 is 5.41 Å². The molecular weight excluding hydrogens is 390 g/mol. The summed E-state index contributed by atoms with van der Waals surface area (Å²) in [7, 11) is 1.39. The lowest BCUT2D eigenvalue weighted by Gasteiger charge is -2.27. The topological polar surface area (TPSA) is 59.0 Å². The normalized spacial score (nSPS) is 29.4. The molecule has 1 amide bonds. The molecule has 5 heteroatoms. The quantitative estimate of drug-likeness (QED) is 0.201. The number of hydrogen-bond donors (Lipinski definition) is 1. The Kier molecular flexibility index (Phi) is 9.18. The van der Waals surface area contributed by atoms with E-state index in [1.54, 1.807) is 0 Å². The molecule has 2 bridgehead atoms. The highest BCUT2D eigenvalue weighted by Gasteiger charge is 2.48. The molecular formula is C26H43NO4. The van der Waals surface area contributed by atoms with Gasteiger partial charge in [-0.1, -0.05) is 57.4 Å². The van der Waals surface area contributed by atoms with E-state index in [0.29, 0.717) is 29.1 Å². The largest absolute Gasteiger partial charge is 0.377 e. The summed E-state index contributed by atoms with van der Waals surface area (Å²) in [4.78, 5) is 12.0. The van der Waals surface area contributed by atoms with Crippen LogP contribution in [0, 0.1) is 23.2 Å². The minimum atomic E-state index is -0.551. The van der Waals surface area contributed by atoms with Crippen LogP contribution in [0.25, 0.3) is 0 Å². The van der Waals surface area contributed by atoms with Gasteiger partial charge in [0.25, 0.3) is 5.91 Å². The highest BCUT2D eigenvalue weighted by molar-refractivity contribution is 5.80. The van der Waals surface area contributed by atoms with Gasteiger partial charge >= 0.3 is 0 Å². The van der Waals surface area contributed by atoms with Gasteiger partial charge in [-0.25, -0.2) is 5.06 Å². The van der Waals surface area contributed by atoms with Gasteiger partial charge in [0.2, 0.25) is 0 Å². The number of hydrogen-bond acceptors (Lipinski definition) is 4. The van der Waals surface area contributed by atoms with Gasteiger partial charge in [0, 0.05) is 18.4 Å². The van der Waals surface area contributed by atoms with Crippen molar-refractivity contribution in [1.29, 1.82) is 0 Å². The van der Waals surface area contributed by atoms with E-state index in [4.69, 9.17) is 9.47 Å². The molecule has 0 aromatic rings. The van der Waals surface area contributed by atoms with E-state index in [0.717, 1.165) is 38.4 Å². The van der Waals surface area contributed by atoms with Crippen molar-refractivity contribution in [2.45, 2.75) is 90.3 Å². The molecule has 0 unspecified atom stereocenters. The summed E-state index contributed by atoms with van der Waals surface area (Å²) in [5, 5.41) is 10.1. The fourth-order valence-electron chi connectivity index (χ4n) is 5.64. The van der Waals surface area contributed by atoms with Crippen molar-refractivity contribution in [1.82, 2.24) is 5.06 Å². The molecule has 1 aliphatic carbocycles. The minimum Gasteiger partial charge on any atom is -0.377 e. The van der Waals surface area contributed by atoms with E-state index in [-0.39, 0.29) is 5.91 Å². The maximum absolute atomic E-state index is 12.0. The van der Waals surface area contributed by atoms with Gasteiger partial charge in [-0.3, -0.25) is 10.0 Å². The first kappa shape index (κ1) is 24.5. The van der Waals surface area contributed by atoms with Crippen LogP contribution < -0.4 is 0 Å². The number of carbonyl (C=O) groups is 1. The Morgan fingerprint density at radius 2 is 1.77 bits per heavy atom. The van der Waals surface area contributed by atoms with Crippen molar-refractivity contribution in [3.05, 3.63) is 24.3 Å². The lowest BCUT2D eigenvalue weighted by molar-refractivity contribution is -0.169. The van der Waals surface area contributed by atoms with Crippen LogP contribution in [0.4, 0.5) is 0 Å². The number of ether oxygens (including phenoxy) is 2. The molecule has 0 aromatic carbocycles. The Morgan fingerprint density at radius 3 is 2.48 bits per heavy atom. The second kappa shape index (κ2) is 11.6. The first-order chi connectivity index (χ1) is 14.9. The summed E-state index contributed by atoms with van der Waals surface area (Å²) in [6.07, 6.45) is 21.5. The Balaban J connectivity index is 1.38. The molecule has 2 saturated heterocycles. The number of allylic oxidation sites excluding steroid dienone is 3. The summed E-state index contributed by atoms with van der Waals surface area (Å²) in [5.41, 5.74) is -0.551. The second-order valence-electron chi connectivity index (χ2n) is 10.4. The summed E-state index contributed by atoms with van der Waals surface area (Å²) < 4.78 is 12.3. The fraction of sp³-hybridized carbons (Fsp3) is 0.808. The average molecular weight is 434 g/mol. The Hall–Kier alpha value is -1.17. The third kappa shape index (κ3) is 6.90. The van der Waals surface area contributed by atoms with Gasteiger partial charge in [0.15, 0.2) is 0 Å². The second-order valence-corrected chi connectivity index (χ2v) is 10.4. The number of hydroxylamine groups is 2. The molecule has 176 valence electrons. The van der Waals surface area contributed by atoms with Crippen molar-refractivity contribution < 1.29 is 19.5 Å². The summed E-state index contributed by atoms with van der Waals surface area (Å²) in [5.74, 6) is 1.55. The molecule has 3 rings (SSSR count). The number of fused-ring (bicyclic) bond motifs is 2. The lowest BCUT2D eigenvalue weighted by Crippen LogP contribution is -2.36. The van der Waals surface area contributed by atoms with Crippen molar-refractivity contribution in [2.24, 2.45) is 23.2 Å². The number of carbonyl (C=O) groups excluding carboxylic acids is 1. The summed E-state index contributed by atoms with van der Waals surface area (Å²) in [6, 6.07) is 0. The fourth-order valence-corrected chi connectivity index (χ4v) is 5.64. The SMILES string of the molecule is CN(O)C(=O)C(C)(C)CC/C=C\C[C@@H]1[C@H](COC/C=C/C2CCCCC2)[C@@H]2CC[C@H]1O2. The van der Waals surface area contributed by atoms with Crippen LogP contribution in [0.1, 0.15) is 78.1 Å². The van der Waals surface area contributed by atoms with Crippen LogP contribution >= 0.6 is 0 Å². The van der Waals surface area contributed by atoms with Crippen molar-refractivity contribution in [2.75, 3.05) is 20.3 Å². The van der Waals surface area contributed by atoms with E-state index >= 15 is 0 Å². The van der Waals surface area contributed by atoms with Crippen LogP contribution in [0.3, 0.4) is 0 Å². The molecule has 4 atom stereocenters. The average Bonchev–Trinajstić information content (AvgIpc) is 3.35. The van der Waals surface area contributed by atoms with Crippen LogP contribution in [0.2, 0.25) is 0 Å². The van der Waals surface area contributed by atoms with E-state index in [1.807, 2.05) is 13.8 Å². The van der Waals surface area contributed by atoms with E-state index in [2.05, 4.69) is 24.3 Å². The van der Waals surface area contributed by atoms with Gasteiger partial charge < -0.3 is 9.47 Å². The molecule has 31 heavy (non-hydrogen) atoms. The van der Waals surface area contributed by atoms with Crippen LogP contribution in [0.15, 0.2) is 24.3 Å². The molecule has 5 nitrogen and oxygen atoms in total. The summed E-state index contributed by atoms with van der Waals surface area (Å²) in [6.45, 7) is 5.28. The highest BCUT2D eigenvalue weighted by Crippen LogP contribution is 2.45. The van der Waals surface area contributed by atoms with Crippen molar-refractivity contribution in [3.63, 3.8) is 0 Å². The Bertz CT molecular complexity index is 621. The molecule has 0 radical (unpaired) electrons. The third-order valence-corrected chi connectivity index (χ3v) is 7.56. The van der Waals surface area contributed by atoms with Crippen LogP contribution in [-0.4, -0.2) is 48.6 Å². The zero-order valence-electron chi connectivity index (χ0n) is 19.8. The zero-order valence-corrected chi connectivity index (χ0v) is 19.8. The van der Waals surface area contributed by atoms with Crippen molar-refractivity contribution >= 4 is 5.91 Å². The molecule has 1 N–H and O–H groups in total. The minimum absolute atomic E-state index is 0.239. The molecule has 2 heterocycles. The predicted octanol–water partition coefficient (Wildman–Crippen LogP) is 5.53. The monoisotopic (exact) mass is 433 g/mol. The Labute approximate surface area is 188 Å². The molecule has 0 aromatic heterocycles. The van der Waals surface area contributed by atoms with Crippen LogP contribution in [-0.2, 0) is 14.3 Å². The molecule has 2 aliphatic heterocycles. The third-order valence-electron chi connectivity index (χ3n) is 7.56. The number of nitrogens with zero attached hydrogens (tertiary/aromatic N) is 1. The maximum atomic E-state index is 12.0. The molecule has 0 spiro atoms. The first-order valence-corrected chi connectivity index (χ1v) is 12.4. The molecule has 3 fully saturated rings. The lowest BCUT2D eigenvalue weighted by atomic mass is 9.78. The van der Waals surface area contributed by atoms with Gasteiger partial charge in [-0.15, -0.1) is 0 Å². The van der Waals surface area contributed by atoms with Gasteiger partial charge in [0.05, 0.1) is 25.4 Å². The van der Waals surface area contributed by atoms with Gasteiger partial charge in [0.1, 0.15) is 0 Å². The highest BCUT2D eigenvalue weighted by atomic mass is 16.5. The number of amides is 1. The standard InChI is InChI=1S/C26H43NO4/c1-26(2,25(28)27(3)29)17-9-5-8-14-21-22(24-16-15-23(21)31-24)19-30-18-10-13-20-11-6-4-7-12-20/h5,8,10,13,20-24,29H,4,6-7,9,11-12,14-19H2,1-3H3/b8-5-,13-10+/t21-,22+,23-,24+/m1/s1. The number of rotatable bonds is 11. The smallest absolute Gasteiger partial charge is 0.251 e. The molecule has 1 saturated carbocycles. The van der Waals surface area contributed by atoms with Gasteiger partial charge in [-0.05, 0) is 56.8 Å². The predicted molar refractivity (Wildman–Crippen MR) is 123 cm³/mol. The maximum Gasteiger partial charge on any atom is 0.251 e. The van der Waals surface area contributed by atoms with E-state index in [9.17, 15) is 10.0 Å². The zero-order chi connectivity index (χ0) is 22.3. The molecule has 3 aliphatic rings. The van der Waals surface area contributed by atoms with Crippen LogP contribution in [0.5, 0.6) is 0 Å². The van der Waals surface area contributed by atoms with E-state index in [1.165, 1.54) is 52.0 Å². The first-order valence-electron chi connectivity index (χ1n) is 12.4. The summed E-state index contributed by atoms with van der Waals surface area (Å²) >= 11 is 0. The Morgan fingerprint density at radius 1 is 1.06 bits per heavy atom. The van der Waals surface area contributed by atoms with Gasteiger partial charge in [-0.2, -0.15) is 0 Å².